The van der Waals surface area contributed by atoms with Crippen molar-refractivity contribution in [2.24, 2.45) is 11.3 Å². The quantitative estimate of drug-likeness (QED) is 0.876. The fraction of sp³-hybridized carbons (Fsp3) is 0.667. The Morgan fingerprint density at radius 1 is 1.30 bits per heavy atom. The molecule has 1 aliphatic rings. The minimum atomic E-state index is -0.672. The number of benzene rings is 1. The number of methoxy groups -OCH3 is 1. The molecule has 2 heteroatoms. The molecule has 1 saturated carbocycles. The van der Waals surface area contributed by atoms with Gasteiger partial charge in [0.25, 0.3) is 0 Å². The van der Waals surface area contributed by atoms with E-state index in [9.17, 15) is 5.11 Å². The van der Waals surface area contributed by atoms with Crippen molar-refractivity contribution in [3.63, 3.8) is 0 Å². The molecule has 0 heterocycles. The van der Waals surface area contributed by atoms with Crippen molar-refractivity contribution < 1.29 is 9.84 Å². The smallest absolute Gasteiger partial charge is 0.119 e. The maximum absolute atomic E-state index is 11.0. The molecule has 0 aromatic heterocycles. The van der Waals surface area contributed by atoms with E-state index >= 15 is 0 Å². The van der Waals surface area contributed by atoms with E-state index in [1.807, 2.05) is 24.3 Å². The Morgan fingerprint density at radius 2 is 1.95 bits per heavy atom. The minimum absolute atomic E-state index is 0.385. The zero-order valence-corrected chi connectivity index (χ0v) is 13.3. The summed E-state index contributed by atoms with van der Waals surface area (Å²) in [7, 11) is 1.67. The van der Waals surface area contributed by atoms with E-state index in [0.29, 0.717) is 5.41 Å². The van der Waals surface area contributed by atoms with E-state index in [1.165, 1.54) is 6.42 Å². The largest absolute Gasteiger partial charge is 0.497 e. The molecule has 2 nitrogen and oxygen atoms in total. The summed E-state index contributed by atoms with van der Waals surface area (Å²) in [6.07, 6.45) is 5.13. The van der Waals surface area contributed by atoms with E-state index in [1.54, 1.807) is 7.11 Å². The standard InChI is InChI=1S/C18H28O2/c1-5-17(2,3)14-9-11-18(19,12-10-14)15-7-6-8-16(13-15)20-4/h6-8,13-14,19H,5,9-12H2,1-4H3. The average Bonchev–Trinajstić information content (AvgIpc) is 2.48. The Balaban J connectivity index is 2.11. The van der Waals surface area contributed by atoms with Crippen LogP contribution in [0, 0.1) is 11.3 Å². The molecule has 0 saturated heterocycles. The molecule has 0 unspecified atom stereocenters. The van der Waals surface area contributed by atoms with Gasteiger partial charge in [0.2, 0.25) is 0 Å². The van der Waals surface area contributed by atoms with Crippen molar-refractivity contribution in [2.75, 3.05) is 7.11 Å². The van der Waals surface area contributed by atoms with Gasteiger partial charge in [-0.3, -0.25) is 0 Å². The second-order valence-corrected chi connectivity index (χ2v) is 6.88. The number of hydrogen-bond acceptors (Lipinski definition) is 2. The Morgan fingerprint density at radius 3 is 2.50 bits per heavy atom. The van der Waals surface area contributed by atoms with E-state index in [4.69, 9.17) is 4.74 Å². The number of ether oxygens (including phenoxy) is 1. The minimum Gasteiger partial charge on any atom is -0.497 e. The maximum Gasteiger partial charge on any atom is 0.119 e. The summed E-state index contributed by atoms with van der Waals surface area (Å²) in [6.45, 7) is 6.98. The van der Waals surface area contributed by atoms with Crippen LogP contribution >= 0.6 is 0 Å². The Hall–Kier alpha value is -1.02. The van der Waals surface area contributed by atoms with Crippen molar-refractivity contribution >= 4 is 0 Å². The Kier molecular flexibility index (Phi) is 4.43. The van der Waals surface area contributed by atoms with Crippen LogP contribution < -0.4 is 4.74 Å². The first-order valence-corrected chi connectivity index (χ1v) is 7.78. The Bertz CT molecular complexity index is 442. The number of aliphatic hydroxyl groups is 1. The maximum atomic E-state index is 11.0. The van der Waals surface area contributed by atoms with Gasteiger partial charge in [-0.15, -0.1) is 0 Å². The van der Waals surface area contributed by atoms with Gasteiger partial charge < -0.3 is 9.84 Å². The van der Waals surface area contributed by atoms with Crippen LogP contribution in [0.4, 0.5) is 0 Å². The molecule has 1 fully saturated rings. The number of hydrogen-bond donors (Lipinski definition) is 1. The highest BCUT2D eigenvalue weighted by atomic mass is 16.5. The van der Waals surface area contributed by atoms with Crippen LogP contribution in [0.3, 0.4) is 0 Å². The second-order valence-electron chi connectivity index (χ2n) is 6.88. The Labute approximate surface area is 123 Å². The van der Waals surface area contributed by atoms with Gasteiger partial charge in [-0.05, 0) is 54.7 Å². The van der Waals surface area contributed by atoms with Gasteiger partial charge in [0.1, 0.15) is 5.75 Å². The lowest BCUT2D eigenvalue weighted by Gasteiger charge is -2.42. The van der Waals surface area contributed by atoms with Gasteiger partial charge in [0.15, 0.2) is 0 Å². The van der Waals surface area contributed by atoms with E-state index in [0.717, 1.165) is 42.9 Å². The van der Waals surface area contributed by atoms with Crippen LogP contribution in [0.15, 0.2) is 24.3 Å². The normalized spacial score (nSPS) is 27.4. The van der Waals surface area contributed by atoms with Crippen LogP contribution in [0.2, 0.25) is 0 Å². The zero-order valence-electron chi connectivity index (χ0n) is 13.3. The summed E-state index contributed by atoms with van der Waals surface area (Å²) in [5, 5.41) is 11.0. The van der Waals surface area contributed by atoms with Gasteiger partial charge in [-0.25, -0.2) is 0 Å². The van der Waals surface area contributed by atoms with E-state index in [-0.39, 0.29) is 0 Å². The van der Waals surface area contributed by atoms with Gasteiger partial charge in [0.05, 0.1) is 12.7 Å². The van der Waals surface area contributed by atoms with Gasteiger partial charge in [-0.2, -0.15) is 0 Å². The molecule has 0 amide bonds. The van der Waals surface area contributed by atoms with Crippen molar-refractivity contribution in [3.8, 4) is 5.75 Å². The summed E-state index contributed by atoms with van der Waals surface area (Å²) in [5.41, 5.74) is 0.717. The fourth-order valence-electron chi connectivity index (χ4n) is 3.37. The molecule has 0 radical (unpaired) electrons. The second kappa shape index (κ2) is 5.77. The van der Waals surface area contributed by atoms with Gasteiger partial charge in [-0.1, -0.05) is 39.3 Å². The third-order valence-corrected chi connectivity index (χ3v) is 5.44. The molecule has 0 spiro atoms. The first kappa shape index (κ1) is 15.4. The zero-order chi connectivity index (χ0) is 14.8. The van der Waals surface area contributed by atoms with Crippen LogP contribution in [0.25, 0.3) is 0 Å². The molecule has 20 heavy (non-hydrogen) atoms. The topological polar surface area (TPSA) is 29.5 Å². The molecule has 1 aromatic carbocycles. The lowest BCUT2D eigenvalue weighted by Crippen LogP contribution is -2.36. The van der Waals surface area contributed by atoms with Gasteiger partial charge in [0, 0.05) is 0 Å². The van der Waals surface area contributed by atoms with Gasteiger partial charge >= 0.3 is 0 Å². The average molecular weight is 276 g/mol. The van der Waals surface area contributed by atoms with Crippen LogP contribution in [-0.2, 0) is 5.60 Å². The lowest BCUT2D eigenvalue weighted by atomic mass is 9.65. The molecule has 0 atom stereocenters. The predicted octanol–water partition coefficient (Wildman–Crippen LogP) is 4.51. The highest BCUT2D eigenvalue weighted by Crippen LogP contribution is 2.47. The molecule has 0 bridgehead atoms. The molecule has 0 aliphatic heterocycles. The first-order valence-electron chi connectivity index (χ1n) is 7.78. The molecule has 1 N–H and O–H groups in total. The molecule has 1 aliphatic carbocycles. The molecular formula is C18H28O2. The summed E-state index contributed by atoms with van der Waals surface area (Å²) >= 11 is 0. The fourth-order valence-corrected chi connectivity index (χ4v) is 3.37. The summed E-state index contributed by atoms with van der Waals surface area (Å²) in [4.78, 5) is 0. The highest BCUT2D eigenvalue weighted by molar-refractivity contribution is 5.32. The third-order valence-electron chi connectivity index (χ3n) is 5.44. The van der Waals surface area contributed by atoms with Crippen molar-refractivity contribution in [1.29, 1.82) is 0 Å². The monoisotopic (exact) mass is 276 g/mol. The highest BCUT2D eigenvalue weighted by Gasteiger charge is 2.39. The number of rotatable bonds is 4. The van der Waals surface area contributed by atoms with Crippen molar-refractivity contribution in [3.05, 3.63) is 29.8 Å². The third kappa shape index (κ3) is 3.01. The molecule has 2 rings (SSSR count). The lowest BCUT2D eigenvalue weighted by molar-refractivity contribution is -0.0329. The summed E-state index contributed by atoms with van der Waals surface area (Å²) in [5.74, 6) is 1.55. The molecule has 1 aromatic rings. The molecule has 112 valence electrons. The summed E-state index contributed by atoms with van der Waals surface area (Å²) < 4.78 is 5.27. The van der Waals surface area contributed by atoms with E-state index < -0.39 is 5.60 Å². The van der Waals surface area contributed by atoms with Crippen LogP contribution in [-0.4, -0.2) is 12.2 Å². The molecular weight excluding hydrogens is 248 g/mol. The summed E-state index contributed by atoms with van der Waals surface area (Å²) in [6, 6.07) is 7.89. The van der Waals surface area contributed by atoms with E-state index in [2.05, 4.69) is 20.8 Å². The van der Waals surface area contributed by atoms with Crippen molar-refractivity contribution in [2.45, 2.75) is 58.5 Å². The van der Waals surface area contributed by atoms with Crippen molar-refractivity contribution in [1.82, 2.24) is 0 Å². The van der Waals surface area contributed by atoms with Crippen LogP contribution in [0.1, 0.15) is 58.4 Å². The predicted molar refractivity (Wildman–Crippen MR) is 82.9 cm³/mol. The first-order chi connectivity index (χ1) is 9.41. The van der Waals surface area contributed by atoms with Crippen LogP contribution in [0.5, 0.6) is 5.75 Å². The SMILES string of the molecule is CCC(C)(C)C1CCC(O)(c2cccc(OC)c2)CC1.